The van der Waals surface area contributed by atoms with Crippen molar-refractivity contribution >= 4 is 22.9 Å². The van der Waals surface area contributed by atoms with E-state index < -0.39 is 0 Å². The van der Waals surface area contributed by atoms with Gasteiger partial charge in [0.1, 0.15) is 5.52 Å². The Bertz CT molecular complexity index is 853. The number of imidazole rings is 1. The van der Waals surface area contributed by atoms with Gasteiger partial charge in [0.15, 0.2) is 11.5 Å². The molecular formula is C20H26N6. The first-order valence-electron chi connectivity index (χ1n) is 9.19. The van der Waals surface area contributed by atoms with Gasteiger partial charge in [-0.1, -0.05) is 49.4 Å². The predicted octanol–water partition coefficient (Wildman–Crippen LogP) is 3.81. The van der Waals surface area contributed by atoms with E-state index in [1.165, 1.54) is 5.56 Å². The Morgan fingerprint density at radius 2 is 2.00 bits per heavy atom. The second-order valence-corrected chi connectivity index (χ2v) is 6.23. The fraction of sp³-hybridized carbons (Fsp3) is 0.350. The Hall–Kier alpha value is -2.89. The van der Waals surface area contributed by atoms with Crippen LogP contribution < -0.4 is 11.1 Å². The van der Waals surface area contributed by atoms with E-state index in [9.17, 15) is 0 Å². The maximum Gasteiger partial charge on any atom is 0.226 e. The third kappa shape index (κ3) is 4.59. The summed E-state index contributed by atoms with van der Waals surface area (Å²) >= 11 is 0. The molecule has 0 bridgehead atoms. The van der Waals surface area contributed by atoms with Crippen LogP contribution in [0.15, 0.2) is 48.8 Å². The number of aryl methyl sites for hydroxylation is 1. The van der Waals surface area contributed by atoms with Crippen LogP contribution in [-0.2, 0) is 13.0 Å². The average Bonchev–Trinajstić information content (AvgIpc) is 3.06. The van der Waals surface area contributed by atoms with Gasteiger partial charge in [-0.2, -0.15) is 9.97 Å². The summed E-state index contributed by atoms with van der Waals surface area (Å²) in [6.45, 7) is 3.77. The number of hydrogen-bond donors (Lipinski definition) is 2. The first kappa shape index (κ1) is 17.9. The lowest BCUT2D eigenvalue weighted by molar-refractivity contribution is 0.660. The van der Waals surface area contributed by atoms with Crippen molar-refractivity contribution in [2.75, 3.05) is 17.6 Å². The number of unbranched alkanes of at least 4 members (excludes halogenated alkanes) is 1. The number of benzene rings is 1. The van der Waals surface area contributed by atoms with Gasteiger partial charge in [0.05, 0.1) is 6.33 Å². The van der Waals surface area contributed by atoms with Crippen molar-refractivity contribution in [3.05, 3.63) is 54.4 Å². The Morgan fingerprint density at radius 1 is 1.15 bits per heavy atom. The number of hydrogen-bond acceptors (Lipinski definition) is 5. The van der Waals surface area contributed by atoms with Crippen LogP contribution in [-0.4, -0.2) is 26.1 Å². The highest BCUT2D eigenvalue weighted by atomic mass is 15.2. The van der Waals surface area contributed by atoms with Crippen molar-refractivity contribution in [2.45, 2.75) is 39.2 Å². The Balaban J connectivity index is 1.65. The molecule has 0 aliphatic heterocycles. The van der Waals surface area contributed by atoms with Crippen LogP contribution in [0, 0.1) is 0 Å². The Labute approximate surface area is 154 Å². The normalized spacial score (nSPS) is 11.4. The number of fused-ring (bicyclic) bond motifs is 1. The molecule has 3 N–H and O–H groups in total. The molecule has 0 saturated heterocycles. The highest BCUT2D eigenvalue weighted by Crippen LogP contribution is 2.18. The maximum absolute atomic E-state index is 6.07. The molecule has 0 aliphatic carbocycles. The minimum Gasteiger partial charge on any atom is -0.382 e. The molecule has 136 valence electrons. The first-order valence-corrected chi connectivity index (χ1v) is 9.19. The van der Waals surface area contributed by atoms with E-state index in [0.29, 0.717) is 17.3 Å². The van der Waals surface area contributed by atoms with Gasteiger partial charge in [0.2, 0.25) is 5.95 Å². The summed E-state index contributed by atoms with van der Waals surface area (Å²) < 4.78 is 2.05. The quantitative estimate of drug-likeness (QED) is 0.453. The Morgan fingerprint density at radius 3 is 2.81 bits per heavy atom. The SMILES string of the molecule is CCC=CCCCn1cnc2c(N)nc(NCCc3ccccc3)nc21. The molecule has 0 spiro atoms. The highest BCUT2D eigenvalue weighted by molar-refractivity contribution is 5.82. The molecule has 0 fully saturated rings. The fourth-order valence-electron chi connectivity index (χ4n) is 2.84. The summed E-state index contributed by atoms with van der Waals surface area (Å²) in [5, 5.41) is 3.27. The number of anilines is 2. The lowest BCUT2D eigenvalue weighted by atomic mass is 10.1. The number of rotatable bonds is 9. The molecule has 1 aromatic carbocycles. The molecule has 0 radical (unpaired) electrons. The molecule has 2 heterocycles. The number of aromatic nitrogens is 4. The van der Waals surface area contributed by atoms with E-state index in [1.54, 1.807) is 6.33 Å². The monoisotopic (exact) mass is 350 g/mol. The second kappa shape index (κ2) is 8.99. The van der Waals surface area contributed by atoms with Crippen molar-refractivity contribution in [2.24, 2.45) is 0 Å². The fourth-order valence-corrected chi connectivity index (χ4v) is 2.84. The molecule has 0 aliphatic rings. The van der Waals surface area contributed by atoms with Crippen molar-refractivity contribution in [3.63, 3.8) is 0 Å². The number of nitrogens with two attached hydrogens (primary N) is 1. The molecule has 3 rings (SSSR count). The van der Waals surface area contributed by atoms with E-state index in [-0.39, 0.29) is 0 Å². The molecule has 0 saturated carbocycles. The van der Waals surface area contributed by atoms with Crippen LogP contribution >= 0.6 is 0 Å². The van der Waals surface area contributed by atoms with Crippen molar-refractivity contribution in [3.8, 4) is 0 Å². The third-order valence-corrected chi connectivity index (χ3v) is 4.20. The standard InChI is InChI=1S/C20H26N6/c1-2-3-4-5-9-14-26-15-23-17-18(21)24-20(25-19(17)26)22-13-12-16-10-7-6-8-11-16/h3-4,6-8,10-11,15H,2,5,9,12-14H2,1H3,(H3,21,22,24,25). The molecule has 3 aromatic rings. The largest absolute Gasteiger partial charge is 0.382 e. The number of nitrogen functional groups attached to an aromatic ring is 1. The van der Waals surface area contributed by atoms with E-state index in [0.717, 1.165) is 44.4 Å². The lowest BCUT2D eigenvalue weighted by Gasteiger charge is -2.07. The molecule has 6 heteroatoms. The van der Waals surface area contributed by atoms with Gasteiger partial charge < -0.3 is 15.6 Å². The zero-order valence-corrected chi connectivity index (χ0v) is 15.2. The topological polar surface area (TPSA) is 81.7 Å². The number of nitrogens with zero attached hydrogens (tertiary/aromatic N) is 4. The minimum absolute atomic E-state index is 0.418. The van der Waals surface area contributed by atoms with Gasteiger partial charge >= 0.3 is 0 Å². The summed E-state index contributed by atoms with van der Waals surface area (Å²) in [6, 6.07) is 10.3. The predicted molar refractivity (Wildman–Crippen MR) is 107 cm³/mol. The smallest absolute Gasteiger partial charge is 0.226 e. The summed E-state index contributed by atoms with van der Waals surface area (Å²) in [7, 11) is 0. The Kier molecular flexibility index (Phi) is 6.19. The van der Waals surface area contributed by atoms with E-state index in [1.807, 2.05) is 18.2 Å². The van der Waals surface area contributed by atoms with Gasteiger partial charge in [-0.15, -0.1) is 0 Å². The molecule has 0 atom stereocenters. The van der Waals surface area contributed by atoms with Crippen molar-refractivity contribution in [1.29, 1.82) is 0 Å². The molecule has 26 heavy (non-hydrogen) atoms. The molecule has 6 nitrogen and oxygen atoms in total. The van der Waals surface area contributed by atoms with Gasteiger partial charge in [-0.05, 0) is 31.2 Å². The molecule has 0 unspecified atom stereocenters. The summed E-state index contributed by atoms with van der Waals surface area (Å²) in [5.74, 6) is 0.973. The van der Waals surface area contributed by atoms with Crippen molar-refractivity contribution < 1.29 is 0 Å². The molecular weight excluding hydrogens is 324 g/mol. The zero-order chi connectivity index (χ0) is 18.2. The van der Waals surface area contributed by atoms with Gasteiger partial charge in [0, 0.05) is 13.1 Å². The van der Waals surface area contributed by atoms with Crippen LogP contribution in [0.5, 0.6) is 0 Å². The lowest BCUT2D eigenvalue weighted by Crippen LogP contribution is -2.10. The van der Waals surface area contributed by atoms with Gasteiger partial charge in [0.25, 0.3) is 0 Å². The van der Waals surface area contributed by atoms with Crippen LogP contribution in [0.25, 0.3) is 11.2 Å². The summed E-state index contributed by atoms with van der Waals surface area (Å²) in [6.07, 6.45) is 10.3. The van der Waals surface area contributed by atoms with E-state index in [2.05, 4.69) is 56.0 Å². The van der Waals surface area contributed by atoms with E-state index in [4.69, 9.17) is 5.73 Å². The highest BCUT2D eigenvalue weighted by Gasteiger charge is 2.11. The number of allylic oxidation sites excluding steroid dienone is 2. The van der Waals surface area contributed by atoms with Crippen molar-refractivity contribution in [1.82, 2.24) is 19.5 Å². The maximum atomic E-state index is 6.07. The molecule has 2 aromatic heterocycles. The van der Waals surface area contributed by atoms with Crippen LogP contribution in [0.4, 0.5) is 11.8 Å². The third-order valence-electron chi connectivity index (χ3n) is 4.20. The van der Waals surface area contributed by atoms with Gasteiger partial charge in [-0.25, -0.2) is 4.98 Å². The van der Waals surface area contributed by atoms with E-state index >= 15 is 0 Å². The summed E-state index contributed by atoms with van der Waals surface area (Å²) in [5.41, 5.74) is 8.81. The van der Waals surface area contributed by atoms with Crippen LogP contribution in [0.1, 0.15) is 31.7 Å². The van der Waals surface area contributed by atoms with Crippen LogP contribution in [0.2, 0.25) is 0 Å². The second-order valence-electron chi connectivity index (χ2n) is 6.23. The average molecular weight is 350 g/mol. The molecule has 0 amide bonds. The van der Waals surface area contributed by atoms with Crippen LogP contribution in [0.3, 0.4) is 0 Å². The first-order chi connectivity index (χ1) is 12.8. The number of nitrogens with one attached hydrogen (secondary N) is 1. The zero-order valence-electron chi connectivity index (χ0n) is 15.2. The van der Waals surface area contributed by atoms with Gasteiger partial charge in [-0.3, -0.25) is 0 Å². The minimum atomic E-state index is 0.418. The summed E-state index contributed by atoms with van der Waals surface area (Å²) in [4.78, 5) is 13.3.